The molecule has 0 aromatic carbocycles. The van der Waals surface area contributed by atoms with Crippen LogP contribution in [-0.4, -0.2) is 28.2 Å². The molecule has 1 aromatic heterocycles. The quantitative estimate of drug-likeness (QED) is 0.865. The van der Waals surface area contributed by atoms with E-state index in [1.807, 2.05) is 17.1 Å². The van der Waals surface area contributed by atoms with Crippen LogP contribution < -0.4 is 4.74 Å². The van der Waals surface area contributed by atoms with Gasteiger partial charge in [0.05, 0.1) is 12.8 Å². The van der Waals surface area contributed by atoms with Gasteiger partial charge in [0.25, 0.3) is 5.19 Å². The lowest BCUT2D eigenvalue weighted by molar-refractivity contribution is 0.168. The number of hydrogen-bond donors (Lipinski definition) is 1. The van der Waals surface area contributed by atoms with Crippen LogP contribution in [0.15, 0.2) is 5.38 Å². The first-order chi connectivity index (χ1) is 6.81. The molecule has 1 saturated heterocycles. The van der Waals surface area contributed by atoms with Gasteiger partial charge in [-0.3, -0.25) is 0 Å². The lowest BCUT2D eigenvalue weighted by atomic mass is 10.1. The number of aliphatic hydroxyl groups excluding tert-OH is 1. The van der Waals surface area contributed by atoms with E-state index < -0.39 is 6.10 Å². The zero-order valence-corrected chi connectivity index (χ0v) is 9.61. The molecule has 0 spiro atoms. The van der Waals surface area contributed by atoms with Gasteiger partial charge < -0.3 is 9.84 Å². The van der Waals surface area contributed by atoms with Crippen molar-refractivity contribution < 1.29 is 9.84 Å². The van der Waals surface area contributed by atoms with E-state index in [-0.39, 0.29) is 0 Å². The molecular formula is C9H13NO2S2. The summed E-state index contributed by atoms with van der Waals surface area (Å²) in [6, 6.07) is 0. The van der Waals surface area contributed by atoms with Crippen LogP contribution in [-0.2, 0) is 0 Å². The molecule has 0 saturated carbocycles. The van der Waals surface area contributed by atoms with Crippen LogP contribution in [0.2, 0.25) is 0 Å². The molecule has 0 bridgehead atoms. The highest BCUT2D eigenvalue weighted by molar-refractivity contribution is 8.00. The maximum atomic E-state index is 10.00. The van der Waals surface area contributed by atoms with Gasteiger partial charge in [0.2, 0.25) is 0 Å². The average Bonchev–Trinajstić information content (AvgIpc) is 2.88. The van der Waals surface area contributed by atoms with Crippen molar-refractivity contribution in [3.63, 3.8) is 0 Å². The van der Waals surface area contributed by atoms with Gasteiger partial charge in [0.15, 0.2) is 0 Å². The van der Waals surface area contributed by atoms with Gasteiger partial charge in [-0.2, -0.15) is 11.8 Å². The van der Waals surface area contributed by atoms with Crippen LogP contribution in [0.3, 0.4) is 0 Å². The molecule has 0 radical (unpaired) electrons. The molecule has 14 heavy (non-hydrogen) atoms. The third-order valence-electron chi connectivity index (χ3n) is 2.30. The third kappa shape index (κ3) is 2.04. The maximum Gasteiger partial charge on any atom is 0.273 e. The van der Waals surface area contributed by atoms with E-state index in [1.165, 1.54) is 17.8 Å². The minimum Gasteiger partial charge on any atom is -0.473 e. The first-order valence-electron chi connectivity index (χ1n) is 4.60. The number of methoxy groups -OCH3 is 1. The number of thiazole rings is 1. The fourth-order valence-corrected chi connectivity index (χ4v) is 3.50. The number of ether oxygens (including phenoxy) is 1. The van der Waals surface area contributed by atoms with E-state index in [1.54, 1.807) is 7.11 Å². The minimum absolute atomic E-state index is 0.321. The average molecular weight is 231 g/mol. The number of aliphatic hydroxyl groups is 1. The van der Waals surface area contributed by atoms with E-state index >= 15 is 0 Å². The molecule has 2 atom stereocenters. The van der Waals surface area contributed by atoms with Crippen LogP contribution in [0.4, 0.5) is 0 Å². The van der Waals surface area contributed by atoms with E-state index in [0.717, 1.165) is 17.9 Å². The summed E-state index contributed by atoms with van der Waals surface area (Å²) in [6.45, 7) is 0. The van der Waals surface area contributed by atoms with Gasteiger partial charge >= 0.3 is 0 Å². The highest BCUT2D eigenvalue weighted by Crippen LogP contribution is 2.36. The summed E-state index contributed by atoms with van der Waals surface area (Å²) in [6.07, 6.45) is 1.86. The Bertz CT molecular complexity index is 297. The Kier molecular flexibility index (Phi) is 3.30. The van der Waals surface area contributed by atoms with E-state index in [9.17, 15) is 5.11 Å². The van der Waals surface area contributed by atoms with Crippen LogP contribution in [0.25, 0.3) is 0 Å². The van der Waals surface area contributed by atoms with Crippen LogP contribution in [0, 0.1) is 0 Å². The fraction of sp³-hybridized carbons (Fsp3) is 0.667. The molecule has 1 aliphatic heterocycles. The second-order valence-electron chi connectivity index (χ2n) is 3.24. The van der Waals surface area contributed by atoms with Crippen molar-refractivity contribution in [1.82, 2.24) is 4.98 Å². The molecule has 0 aliphatic carbocycles. The summed E-state index contributed by atoms with van der Waals surface area (Å²) in [5, 5.41) is 12.8. The lowest BCUT2D eigenvalue weighted by Crippen LogP contribution is -2.11. The Labute approximate surface area is 91.5 Å². The largest absolute Gasteiger partial charge is 0.473 e. The summed E-state index contributed by atoms with van der Waals surface area (Å²) in [7, 11) is 1.60. The summed E-state index contributed by atoms with van der Waals surface area (Å²) in [4.78, 5) is 4.21. The molecule has 3 nitrogen and oxygen atoms in total. The number of hydrogen-bond acceptors (Lipinski definition) is 5. The van der Waals surface area contributed by atoms with E-state index in [2.05, 4.69) is 4.98 Å². The molecule has 2 heterocycles. The fourth-order valence-electron chi connectivity index (χ4n) is 1.54. The predicted octanol–water partition coefficient (Wildman–Crippen LogP) is 2.08. The second kappa shape index (κ2) is 4.51. The first kappa shape index (κ1) is 10.3. The Morgan fingerprint density at radius 3 is 3.14 bits per heavy atom. The van der Waals surface area contributed by atoms with Crippen molar-refractivity contribution in [1.29, 1.82) is 0 Å². The Hall–Kier alpha value is -0.260. The standard InChI is InChI=1S/C9H13NO2S2/c1-12-9-10-6(5-14-9)8(11)7-3-2-4-13-7/h5,7-8,11H,2-4H2,1H3. The van der Waals surface area contributed by atoms with Crippen molar-refractivity contribution in [3.05, 3.63) is 11.1 Å². The van der Waals surface area contributed by atoms with E-state index in [0.29, 0.717) is 10.4 Å². The molecule has 1 fully saturated rings. The second-order valence-corrected chi connectivity index (χ2v) is 5.41. The summed E-state index contributed by atoms with van der Waals surface area (Å²) in [5.74, 6) is 1.16. The zero-order chi connectivity index (χ0) is 9.97. The monoisotopic (exact) mass is 231 g/mol. The number of nitrogens with zero attached hydrogens (tertiary/aromatic N) is 1. The molecule has 5 heteroatoms. The van der Waals surface area contributed by atoms with Crippen molar-refractivity contribution in [2.75, 3.05) is 12.9 Å². The summed E-state index contributed by atoms with van der Waals surface area (Å²) < 4.78 is 5.00. The predicted molar refractivity (Wildman–Crippen MR) is 59.1 cm³/mol. The van der Waals surface area contributed by atoms with Gasteiger partial charge in [0.1, 0.15) is 6.10 Å². The highest BCUT2D eigenvalue weighted by atomic mass is 32.2. The molecular weight excluding hydrogens is 218 g/mol. The number of rotatable bonds is 3. The Morgan fingerprint density at radius 2 is 2.57 bits per heavy atom. The van der Waals surface area contributed by atoms with Crippen LogP contribution >= 0.6 is 23.1 Å². The van der Waals surface area contributed by atoms with Crippen molar-refractivity contribution in [3.8, 4) is 5.19 Å². The molecule has 1 aromatic rings. The molecule has 2 rings (SSSR count). The molecule has 1 aliphatic rings. The maximum absolute atomic E-state index is 10.00. The summed E-state index contributed by atoms with van der Waals surface area (Å²) >= 11 is 3.27. The first-order valence-corrected chi connectivity index (χ1v) is 6.53. The van der Waals surface area contributed by atoms with E-state index in [4.69, 9.17) is 4.74 Å². The SMILES string of the molecule is COc1nc(C(O)C2CCCS2)cs1. The van der Waals surface area contributed by atoms with Gasteiger partial charge in [-0.15, -0.1) is 0 Å². The van der Waals surface area contributed by atoms with Crippen LogP contribution in [0.1, 0.15) is 24.6 Å². The Balaban J connectivity index is 2.05. The van der Waals surface area contributed by atoms with Crippen molar-refractivity contribution >= 4 is 23.1 Å². The lowest BCUT2D eigenvalue weighted by Gasteiger charge is -2.14. The number of thioether (sulfide) groups is 1. The van der Waals surface area contributed by atoms with Gasteiger partial charge in [-0.25, -0.2) is 4.98 Å². The van der Waals surface area contributed by atoms with Crippen LogP contribution in [0.5, 0.6) is 5.19 Å². The third-order valence-corrected chi connectivity index (χ3v) is 4.56. The molecule has 78 valence electrons. The summed E-state index contributed by atoms with van der Waals surface area (Å²) in [5.41, 5.74) is 0.756. The molecule has 2 unspecified atom stereocenters. The molecule has 1 N–H and O–H groups in total. The number of aromatic nitrogens is 1. The topological polar surface area (TPSA) is 42.4 Å². The minimum atomic E-state index is -0.428. The molecule has 0 amide bonds. The van der Waals surface area contributed by atoms with Crippen molar-refractivity contribution in [2.45, 2.75) is 24.2 Å². The normalized spacial score (nSPS) is 23.7. The smallest absolute Gasteiger partial charge is 0.273 e. The highest BCUT2D eigenvalue weighted by Gasteiger charge is 2.26. The van der Waals surface area contributed by atoms with Gasteiger partial charge in [-0.05, 0) is 18.6 Å². The Morgan fingerprint density at radius 1 is 1.71 bits per heavy atom. The zero-order valence-electron chi connectivity index (χ0n) is 7.97. The van der Waals surface area contributed by atoms with Gasteiger partial charge in [0, 0.05) is 10.6 Å². The van der Waals surface area contributed by atoms with Gasteiger partial charge in [-0.1, -0.05) is 11.3 Å². The van der Waals surface area contributed by atoms with Crippen molar-refractivity contribution in [2.24, 2.45) is 0 Å².